The van der Waals surface area contributed by atoms with Gasteiger partial charge in [0.05, 0.1) is 0 Å². The highest BCUT2D eigenvalue weighted by molar-refractivity contribution is 6.00. The summed E-state index contributed by atoms with van der Waals surface area (Å²) in [5, 5.41) is 8.52. The lowest BCUT2D eigenvalue weighted by molar-refractivity contribution is -0.138. The van der Waals surface area contributed by atoms with E-state index in [1.807, 2.05) is 0 Å². The Balaban J connectivity index is 2.48. The van der Waals surface area contributed by atoms with Crippen LogP contribution >= 0.6 is 0 Å². The molecule has 1 aliphatic carbocycles. The van der Waals surface area contributed by atoms with Crippen LogP contribution in [0.2, 0.25) is 0 Å². The van der Waals surface area contributed by atoms with Gasteiger partial charge in [-0.2, -0.15) is 0 Å². The number of allylic oxidation sites excluding steroid dienone is 4. The molecule has 0 saturated heterocycles. The first-order chi connectivity index (χ1) is 6.09. The van der Waals surface area contributed by atoms with Gasteiger partial charge in [0, 0.05) is 0 Å². The number of carbonyl (C=O) groups excluding carboxylic acids is 1. The van der Waals surface area contributed by atoms with Crippen molar-refractivity contribution in [3.05, 3.63) is 24.3 Å². The molecule has 0 spiro atoms. The third kappa shape index (κ3) is 2.83. The van der Waals surface area contributed by atoms with Crippen molar-refractivity contribution in [1.82, 2.24) is 0 Å². The molecule has 0 saturated carbocycles. The number of rotatable bonds is 3. The Labute approximate surface area is 75.7 Å². The van der Waals surface area contributed by atoms with E-state index >= 15 is 0 Å². The van der Waals surface area contributed by atoms with Crippen LogP contribution in [-0.4, -0.2) is 22.9 Å². The van der Waals surface area contributed by atoms with Gasteiger partial charge >= 0.3 is 5.97 Å². The van der Waals surface area contributed by atoms with Crippen LogP contribution in [0.25, 0.3) is 0 Å². The molecular weight excluding hydrogens is 170 g/mol. The van der Waals surface area contributed by atoms with E-state index in [2.05, 4.69) is 0 Å². The number of carboxylic acid groups (broad SMARTS) is 1. The highest BCUT2D eigenvalue weighted by Gasteiger charge is 2.16. The first-order valence-electron chi connectivity index (χ1n) is 3.98. The van der Waals surface area contributed by atoms with E-state index in [1.165, 1.54) is 12.2 Å². The van der Waals surface area contributed by atoms with Crippen molar-refractivity contribution < 1.29 is 14.7 Å². The Morgan fingerprint density at radius 3 is 2.54 bits per heavy atom. The molecule has 0 unspecified atom stereocenters. The van der Waals surface area contributed by atoms with E-state index in [4.69, 9.17) is 10.8 Å². The molecule has 13 heavy (non-hydrogen) atoms. The maximum Gasteiger partial charge on any atom is 0.320 e. The zero-order valence-corrected chi connectivity index (χ0v) is 7.01. The normalized spacial score (nSPS) is 19.0. The summed E-state index contributed by atoms with van der Waals surface area (Å²) in [4.78, 5) is 21.1. The molecule has 0 heterocycles. The largest absolute Gasteiger partial charge is 0.480 e. The van der Waals surface area contributed by atoms with Crippen LogP contribution in [0.5, 0.6) is 0 Å². The summed E-state index contributed by atoms with van der Waals surface area (Å²) in [6, 6.07) is -0.868. The minimum Gasteiger partial charge on any atom is -0.480 e. The van der Waals surface area contributed by atoms with Crippen molar-refractivity contribution in [2.75, 3.05) is 0 Å². The van der Waals surface area contributed by atoms with E-state index in [-0.39, 0.29) is 11.7 Å². The van der Waals surface area contributed by atoms with Crippen molar-refractivity contribution in [2.24, 2.45) is 11.7 Å². The summed E-state index contributed by atoms with van der Waals surface area (Å²) in [6.45, 7) is 0. The van der Waals surface area contributed by atoms with E-state index in [1.54, 1.807) is 12.2 Å². The number of hydrogen-bond acceptors (Lipinski definition) is 3. The van der Waals surface area contributed by atoms with Crippen LogP contribution in [0.1, 0.15) is 6.42 Å². The molecule has 0 amide bonds. The summed E-state index contributed by atoms with van der Waals surface area (Å²) in [6.07, 6.45) is 6.53. The molecule has 1 rings (SSSR count). The van der Waals surface area contributed by atoms with Gasteiger partial charge in [-0.1, -0.05) is 12.2 Å². The molecule has 3 N–H and O–H groups in total. The zero-order valence-electron chi connectivity index (χ0n) is 7.01. The monoisotopic (exact) mass is 181 g/mol. The van der Waals surface area contributed by atoms with Crippen LogP contribution in [0.4, 0.5) is 0 Å². The minimum absolute atomic E-state index is 0.0381. The highest BCUT2D eigenvalue weighted by atomic mass is 16.4. The van der Waals surface area contributed by atoms with E-state index < -0.39 is 12.0 Å². The van der Waals surface area contributed by atoms with Crippen LogP contribution in [0.15, 0.2) is 24.3 Å². The highest BCUT2D eigenvalue weighted by Crippen LogP contribution is 2.13. The van der Waals surface area contributed by atoms with Crippen molar-refractivity contribution >= 4 is 11.8 Å². The average molecular weight is 181 g/mol. The summed E-state index contributed by atoms with van der Waals surface area (Å²) < 4.78 is 0. The molecule has 1 atom stereocenters. The van der Waals surface area contributed by atoms with Gasteiger partial charge in [0.15, 0.2) is 5.78 Å². The lowest BCUT2D eigenvalue weighted by Crippen LogP contribution is -2.32. The number of nitrogens with two attached hydrogens (primary N) is 1. The number of carbonyl (C=O) groups is 2. The fraction of sp³-hybridized carbons (Fsp3) is 0.333. The predicted octanol–water partition coefficient (Wildman–Crippen LogP) is 0.0997. The first-order valence-corrected chi connectivity index (χ1v) is 3.98. The molecule has 0 aromatic rings. The molecular formula is C9H11NO3. The van der Waals surface area contributed by atoms with Gasteiger partial charge in [-0.15, -0.1) is 0 Å². The van der Waals surface area contributed by atoms with Crippen LogP contribution < -0.4 is 5.73 Å². The van der Waals surface area contributed by atoms with Crippen molar-refractivity contribution in [3.63, 3.8) is 0 Å². The molecule has 0 aliphatic heterocycles. The smallest absolute Gasteiger partial charge is 0.320 e. The second-order valence-corrected chi connectivity index (χ2v) is 2.96. The van der Waals surface area contributed by atoms with Gasteiger partial charge in [0.25, 0.3) is 0 Å². The quantitative estimate of drug-likeness (QED) is 0.647. The van der Waals surface area contributed by atoms with Gasteiger partial charge < -0.3 is 10.8 Å². The Morgan fingerprint density at radius 1 is 1.54 bits per heavy atom. The molecule has 70 valence electrons. The Hall–Kier alpha value is -1.42. The predicted molar refractivity (Wildman–Crippen MR) is 47.0 cm³/mol. The molecule has 0 radical (unpaired) electrons. The number of ketones is 1. The van der Waals surface area contributed by atoms with Crippen molar-refractivity contribution in [2.45, 2.75) is 12.5 Å². The lowest BCUT2D eigenvalue weighted by Gasteiger charge is -2.12. The molecule has 0 bridgehead atoms. The Morgan fingerprint density at radius 2 is 2.08 bits per heavy atom. The van der Waals surface area contributed by atoms with Crippen molar-refractivity contribution in [3.8, 4) is 0 Å². The third-order valence-electron chi connectivity index (χ3n) is 1.86. The Kier molecular flexibility index (Phi) is 2.97. The summed E-state index contributed by atoms with van der Waals surface area (Å²) in [7, 11) is 0. The van der Waals surface area contributed by atoms with Gasteiger partial charge in [0.1, 0.15) is 6.04 Å². The van der Waals surface area contributed by atoms with E-state index in [9.17, 15) is 9.59 Å². The van der Waals surface area contributed by atoms with Gasteiger partial charge in [-0.25, -0.2) is 0 Å². The standard InChI is InChI=1S/C9H11NO3/c10-8(9(12)13)5-6-1-3-7(11)4-2-6/h1-4,6,8H,5,10H2,(H,12,13)/t8-/m0/s1. The SMILES string of the molecule is N[C@@H](CC1C=CC(=O)C=C1)C(=O)O. The minimum atomic E-state index is -1.02. The zero-order chi connectivity index (χ0) is 9.84. The Bertz CT molecular complexity index is 265. The number of carboxylic acids is 1. The fourth-order valence-corrected chi connectivity index (χ4v) is 1.11. The van der Waals surface area contributed by atoms with Gasteiger partial charge in [-0.05, 0) is 24.5 Å². The molecule has 4 nitrogen and oxygen atoms in total. The third-order valence-corrected chi connectivity index (χ3v) is 1.86. The lowest BCUT2D eigenvalue weighted by atomic mass is 9.95. The first kappa shape index (κ1) is 9.67. The molecule has 0 fully saturated rings. The summed E-state index contributed by atoms with van der Waals surface area (Å²) in [5.41, 5.74) is 5.33. The topological polar surface area (TPSA) is 80.4 Å². The molecule has 0 aromatic carbocycles. The average Bonchev–Trinajstić information content (AvgIpc) is 2.08. The van der Waals surface area contributed by atoms with Crippen LogP contribution in [0.3, 0.4) is 0 Å². The number of hydrogen-bond donors (Lipinski definition) is 2. The van der Waals surface area contributed by atoms with Gasteiger partial charge in [0.2, 0.25) is 0 Å². The summed E-state index contributed by atoms with van der Waals surface area (Å²) in [5.74, 6) is -1.12. The number of aliphatic carboxylic acids is 1. The van der Waals surface area contributed by atoms with E-state index in [0.29, 0.717) is 6.42 Å². The maximum absolute atomic E-state index is 10.7. The van der Waals surface area contributed by atoms with E-state index in [0.717, 1.165) is 0 Å². The molecule has 4 heteroatoms. The van der Waals surface area contributed by atoms with Crippen LogP contribution in [-0.2, 0) is 9.59 Å². The molecule has 0 aromatic heterocycles. The second-order valence-electron chi connectivity index (χ2n) is 2.96. The second kappa shape index (κ2) is 4.00. The van der Waals surface area contributed by atoms with Crippen LogP contribution in [0, 0.1) is 5.92 Å². The van der Waals surface area contributed by atoms with Crippen molar-refractivity contribution in [1.29, 1.82) is 0 Å². The summed E-state index contributed by atoms with van der Waals surface area (Å²) >= 11 is 0. The molecule has 1 aliphatic rings. The maximum atomic E-state index is 10.7. The fourth-order valence-electron chi connectivity index (χ4n) is 1.11. The van der Waals surface area contributed by atoms with Gasteiger partial charge in [-0.3, -0.25) is 9.59 Å².